The topological polar surface area (TPSA) is 94.0 Å². The highest BCUT2D eigenvalue weighted by Crippen LogP contribution is 2.37. The van der Waals surface area contributed by atoms with Gasteiger partial charge in [0.15, 0.2) is 0 Å². The van der Waals surface area contributed by atoms with Gasteiger partial charge in [-0.1, -0.05) is 0 Å². The first-order valence-corrected chi connectivity index (χ1v) is 9.53. The summed E-state index contributed by atoms with van der Waals surface area (Å²) in [5, 5.41) is 19.5. The number of alkyl halides is 3. The fraction of sp³-hybridized carbons (Fsp3) is 0.235. The van der Waals surface area contributed by atoms with E-state index in [-0.39, 0.29) is 28.9 Å². The van der Waals surface area contributed by atoms with Crippen molar-refractivity contribution in [2.45, 2.75) is 22.9 Å². The zero-order chi connectivity index (χ0) is 20.8. The van der Waals surface area contributed by atoms with E-state index in [1.54, 1.807) is 22.9 Å². The molecule has 0 radical (unpaired) electrons. The Morgan fingerprint density at radius 1 is 1.21 bits per heavy atom. The molecule has 1 unspecified atom stereocenters. The van der Waals surface area contributed by atoms with E-state index >= 15 is 0 Å². The Kier molecular flexibility index (Phi) is 6.93. The normalized spacial score (nSPS) is 13.1. The first-order chi connectivity index (χ1) is 13.1. The Morgan fingerprint density at radius 3 is 2.43 bits per heavy atom. The van der Waals surface area contributed by atoms with Crippen LogP contribution in [0.4, 0.5) is 23.7 Å². The number of carbonyl (C=O) groups is 2. The molecule has 0 bridgehead atoms. The average Bonchev–Trinajstić information content (AvgIpc) is 3.15. The molecule has 0 fully saturated rings. The summed E-state index contributed by atoms with van der Waals surface area (Å²) in [5.74, 6) is -0.570. The summed E-state index contributed by atoms with van der Waals surface area (Å²) in [5.41, 5.74) is -5.05. The third-order valence-corrected chi connectivity index (χ3v) is 5.01. The van der Waals surface area contributed by atoms with Gasteiger partial charge in [-0.2, -0.15) is 29.8 Å². The molecule has 0 spiro atoms. The van der Waals surface area contributed by atoms with E-state index in [4.69, 9.17) is 5.26 Å². The lowest BCUT2D eigenvalue weighted by Gasteiger charge is -2.28. The molecule has 1 aromatic carbocycles. The number of hydrogen-bond acceptors (Lipinski definition) is 5. The van der Waals surface area contributed by atoms with E-state index in [0.29, 0.717) is 5.56 Å². The maximum absolute atomic E-state index is 12.5. The Labute approximate surface area is 167 Å². The van der Waals surface area contributed by atoms with Crippen LogP contribution >= 0.6 is 23.1 Å². The van der Waals surface area contributed by atoms with Crippen LogP contribution < -0.4 is 16.0 Å². The molecule has 1 heterocycles. The van der Waals surface area contributed by atoms with Crippen molar-refractivity contribution >= 4 is 40.7 Å². The van der Waals surface area contributed by atoms with Gasteiger partial charge in [-0.05, 0) is 65.3 Å². The number of nitrogens with zero attached hydrogens (tertiary/aromatic N) is 1. The van der Waals surface area contributed by atoms with Gasteiger partial charge in [-0.15, -0.1) is 0 Å². The van der Waals surface area contributed by atoms with Crippen molar-refractivity contribution in [3.8, 4) is 6.07 Å². The lowest BCUT2D eigenvalue weighted by molar-refractivity contribution is -0.126. The second-order valence-electron chi connectivity index (χ2n) is 5.63. The van der Waals surface area contributed by atoms with Crippen LogP contribution in [-0.4, -0.2) is 24.0 Å². The number of thioether (sulfide) groups is 1. The molecule has 3 N–H and O–H groups in total. The van der Waals surface area contributed by atoms with Gasteiger partial charge in [0, 0.05) is 10.6 Å². The van der Waals surface area contributed by atoms with Crippen molar-refractivity contribution in [1.29, 1.82) is 5.26 Å². The summed E-state index contributed by atoms with van der Waals surface area (Å²) in [7, 11) is 0. The molecule has 6 nitrogen and oxygen atoms in total. The predicted octanol–water partition coefficient (Wildman–Crippen LogP) is 4.04. The van der Waals surface area contributed by atoms with Gasteiger partial charge in [0.25, 0.3) is 5.91 Å². The first-order valence-electron chi connectivity index (χ1n) is 7.77. The molecule has 1 aromatic heterocycles. The molecule has 148 valence electrons. The van der Waals surface area contributed by atoms with Gasteiger partial charge < -0.3 is 16.0 Å². The standard InChI is InChI=1S/C17H15F3N4O2S2/c1-16(11-6-9-27-10-11,14(25)22-8-7-21)24-15(26)23-12-2-4-13(5-3-12)28-17(18,19)20/h2-6,9-10H,8H2,1H3,(H,22,25)(H2,23,24,26). The van der Waals surface area contributed by atoms with Gasteiger partial charge in [-0.3, -0.25) is 4.79 Å². The van der Waals surface area contributed by atoms with Crippen molar-refractivity contribution in [2.24, 2.45) is 0 Å². The van der Waals surface area contributed by atoms with Crippen LogP contribution in [0.15, 0.2) is 46.0 Å². The average molecular weight is 428 g/mol. The number of carbonyl (C=O) groups excluding carboxylic acids is 2. The molecule has 2 aromatic rings. The van der Waals surface area contributed by atoms with Crippen molar-refractivity contribution in [1.82, 2.24) is 10.6 Å². The van der Waals surface area contributed by atoms with Crippen LogP contribution in [0, 0.1) is 11.3 Å². The van der Waals surface area contributed by atoms with E-state index in [1.165, 1.54) is 42.5 Å². The Bertz CT molecular complexity index is 864. The van der Waals surface area contributed by atoms with Gasteiger partial charge in [0.05, 0.1) is 6.07 Å². The number of benzene rings is 1. The SMILES string of the molecule is CC(NC(=O)Nc1ccc(SC(F)(F)F)cc1)(C(=O)NCC#N)c1ccsc1. The minimum Gasteiger partial charge on any atom is -0.341 e. The third-order valence-electron chi connectivity index (χ3n) is 3.59. The van der Waals surface area contributed by atoms with Crippen molar-refractivity contribution < 1.29 is 22.8 Å². The molecular weight excluding hydrogens is 413 g/mol. The number of thiophene rings is 1. The zero-order valence-electron chi connectivity index (χ0n) is 14.5. The van der Waals surface area contributed by atoms with Gasteiger partial charge in [0.1, 0.15) is 12.1 Å². The number of halogens is 3. The lowest BCUT2D eigenvalue weighted by Crippen LogP contribution is -2.55. The first kappa shape index (κ1) is 21.6. The lowest BCUT2D eigenvalue weighted by atomic mass is 9.93. The van der Waals surface area contributed by atoms with Crippen LogP contribution in [0.25, 0.3) is 0 Å². The van der Waals surface area contributed by atoms with E-state index in [9.17, 15) is 22.8 Å². The summed E-state index contributed by atoms with van der Waals surface area (Å²) >= 11 is 1.08. The van der Waals surface area contributed by atoms with Gasteiger partial charge in [0.2, 0.25) is 0 Å². The molecule has 3 amide bonds. The largest absolute Gasteiger partial charge is 0.446 e. The fourth-order valence-corrected chi connectivity index (χ4v) is 3.54. The quantitative estimate of drug-likeness (QED) is 0.478. The van der Waals surface area contributed by atoms with Crippen molar-refractivity contribution in [3.63, 3.8) is 0 Å². The van der Waals surface area contributed by atoms with E-state index in [1.807, 2.05) is 0 Å². The van der Waals surface area contributed by atoms with Crippen LogP contribution in [-0.2, 0) is 10.3 Å². The van der Waals surface area contributed by atoms with Crippen molar-refractivity contribution in [2.75, 3.05) is 11.9 Å². The van der Waals surface area contributed by atoms with Gasteiger partial charge in [-0.25, -0.2) is 4.79 Å². The number of urea groups is 1. The molecular formula is C17H15F3N4O2S2. The molecule has 1 atom stereocenters. The summed E-state index contributed by atoms with van der Waals surface area (Å²) in [6.45, 7) is 1.27. The number of hydrogen-bond donors (Lipinski definition) is 3. The molecule has 0 aliphatic rings. The highest BCUT2D eigenvalue weighted by atomic mass is 32.2. The Balaban J connectivity index is 2.10. The molecule has 2 rings (SSSR count). The maximum atomic E-state index is 12.5. The minimum absolute atomic E-state index is 0.0162. The van der Waals surface area contributed by atoms with Crippen molar-refractivity contribution in [3.05, 3.63) is 46.7 Å². The summed E-state index contributed by atoms with van der Waals surface area (Å²) < 4.78 is 37.1. The van der Waals surface area contributed by atoms with E-state index in [0.717, 1.165) is 0 Å². The number of nitriles is 1. The minimum atomic E-state index is -4.40. The Morgan fingerprint density at radius 2 is 1.89 bits per heavy atom. The van der Waals surface area contributed by atoms with Crippen LogP contribution in [0.5, 0.6) is 0 Å². The molecule has 28 heavy (non-hydrogen) atoms. The van der Waals surface area contributed by atoms with Crippen LogP contribution in [0.3, 0.4) is 0 Å². The maximum Gasteiger partial charge on any atom is 0.446 e. The number of rotatable bonds is 6. The zero-order valence-corrected chi connectivity index (χ0v) is 16.1. The third kappa shape index (κ3) is 5.90. The highest BCUT2D eigenvalue weighted by molar-refractivity contribution is 8.00. The van der Waals surface area contributed by atoms with E-state index in [2.05, 4.69) is 16.0 Å². The molecule has 0 saturated heterocycles. The van der Waals surface area contributed by atoms with Gasteiger partial charge >= 0.3 is 11.5 Å². The predicted molar refractivity (Wildman–Crippen MR) is 101 cm³/mol. The highest BCUT2D eigenvalue weighted by Gasteiger charge is 2.37. The van der Waals surface area contributed by atoms with Crippen LogP contribution in [0.2, 0.25) is 0 Å². The second-order valence-corrected chi connectivity index (χ2v) is 7.55. The fourth-order valence-electron chi connectivity index (χ4n) is 2.23. The number of anilines is 1. The number of amides is 3. The van der Waals surface area contributed by atoms with Crippen LogP contribution in [0.1, 0.15) is 12.5 Å². The monoisotopic (exact) mass is 428 g/mol. The summed E-state index contributed by atoms with van der Waals surface area (Å²) in [4.78, 5) is 24.8. The summed E-state index contributed by atoms with van der Waals surface area (Å²) in [6.07, 6.45) is 0. The summed E-state index contributed by atoms with van der Waals surface area (Å²) in [6, 6.07) is 7.84. The molecule has 11 heteroatoms. The number of nitrogens with one attached hydrogen (secondary N) is 3. The van der Waals surface area contributed by atoms with E-state index < -0.39 is 23.0 Å². The molecule has 0 saturated carbocycles. The smallest absolute Gasteiger partial charge is 0.341 e. The Hall–Kier alpha value is -2.71. The molecule has 0 aliphatic heterocycles. The second kappa shape index (κ2) is 8.99. The molecule has 0 aliphatic carbocycles.